The van der Waals surface area contributed by atoms with Crippen molar-refractivity contribution in [3.8, 4) is 0 Å². The molecular weight excluding hydrogens is 251 g/mol. The Morgan fingerprint density at radius 3 is 2.50 bits per heavy atom. The van der Waals surface area contributed by atoms with Crippen molar-refractivity contribution < 1.29 is 27.5 Å². The first-order chi connectivity index (χ1) is 8.27. The highest BCUT2D eigenvalue weighted by Crippen LogP contribution is 2.26. The zero-order chi connectivity index (χ0) is 13.9. The minimum atomic E-state index is -4.53. The number of carbonyl (C=O) groups excluding carboxylic acids is 2. The Hall–Kier alpha value is -1.53. The van der Waals surface area contributed by atoms with Gasteiger partial charge in [-0.15, -0.1) is 0 Å². The van der Waals surface area contributed by atoms with Crippen LogP contribution >= 0.6 is 0 Å². The number of amides is 1. The number of methoxy groups -OCH3 is 1. The fourth-order valence-corrected chi connectivity index (χ4v) is 1.76. The number of ether oxygens (including phenoxy) is 1. The minimum Gasteiger partial charge on any atom is -0.467 e. The van der Waals surface area contributed by atoms with Crippen molar-refractivity contribution >= 4 is 11.9 Å². The van der Waals surface area contributed by atoms with E-state index in [-0.39, 0.29) is 6.54 Å². The monoisotopic (exact) mass is 265 g/mol. The molecule has 0 spiro atoms. The molecule has 0 saturated carbocycles. The Morgan fingerprint density at radius 1 is 1.39 bits per heavy atom. The normalized spacial score (nSPS) is 21.1. The lowest BCUT2D eigenvalue weighted by atomic mass is 10.2. The molecule has 0 bridgehead atoms. The molecule has 1 aliphatic rings. The van der Waals surface area contributed by atoms with Gasteiger partial charge in [-0.1, -0.05) is 0 Å². The number of likely N-dealkylation sites (tertiary alicyclic amines) is 1. The van der Waals surface area contributed by atoms with Crippen LogP contribution in [0.1, 0.15) is 19.8 Å². The van der Waals surface area contributed by atoms with Gasteiger partial charge in [-0.25, -0.2) is 4.79 Å². The predicted molar refractivity (Wildman–Crippen MR) is 56.6 cm³/mol. The fourth-order valence-electron chi connectivity index (χ4n) is 1.76. The number of nitrogens with zero attached hydrogens (tertiary/aromatic N) is 1. The van der Waals surface area contributed by atoms with Gasteiger partial charge in [-0.05, 0) is 19.8 Å². The summed E-state index contributed by atoms with van der Waals surface area (Å²) in [6.45, 7) is 1.08. The predicted octanol–water partition coefficient (Wildman–Crippen LogP) is 1.66. The molecule has 1 atom stereocenters. The highest BCUT2D eigenvalue weighted by Gasteiger charge is 2.36. The lowest BCUT2D eigenvalue weighted by Gasteiger charge is -2.21. The van der Waals surface area contributed by atoms with E-state index < -0.39 is 29.7 Å². The SMILES string of the molecule is COC(=O)C1CCCN1C(=O)C=C(C)C(F)(F)F. The van der Waals surface area contributed by atoms with Crippen molar-refractivity contribution in [2.75, 3.05) is 13.7 Å². The molecule has 0 radical (unpaired) electrons. The zero-order valence-corrected chi connectivity index (χ0v) is 10.1. The van der Waals surface area contributed by atoms with Gasteiger partial charge >= 0.3 is 12.1 Å². The van der Waals surface area contributed by atoms with Crippen LogP contribution in [0.15, 0.2) is 11.6 Å². The standard InChI is InChI=1S/C11H14F3NO3/c1-7(11(12,13)14)6-9(16)15-5-3-4-8(15)10(17)18-2/h6,8H,3-5H2,1-2H3. The van der Waals surface area contributed by atoms with E-state index in [1.54, 1.807) is 0 Å². The van der Waals surface area contributed by atoms with E-state index in [2.05, 4.69) is 4.74 Å². The molecule has 0 aromatic rings. The van der Waals surface area contributed by atoms with Crippen LogP contribution in [-0.2, 0) is 14.3 Å². The Bertz CT molecular complexity index is 376. The molecule has 1 amide bonds. The van der Waals surface area contributed by atoms with Crippen molar-refractivity contribution in [3.63, 3.8) is 0 Å². The van der Waals surface area contributed by atoms with E-state index in [0.29, 0.717) is 18.9 Å². The average Bonchev–Trinajstić information content (AvgIpc) is 2.75. The summed E-state index contributed by atoms with van der Waals surface area (Å²) in [5.41, 5.74) is -0.983. The van der Waals surface area contributed by atoms with Crippen LogP contribution in [0.5, 0.6) is 0 Å². The summed E-state index contributed by atoms with van der Waals surface area (Å²) >= 11 is 0. The van der Waals surface area contributed by atoms with Crippen molar-refractivity contribution in [1.82, 2.24) is 4.90 Å². The second-order valence-electron chi connectivity index (χ2n) is 4.04. The first-order valence-corrected chi connectivity index (χ1v) is 5.41. The van der Waals surface area contributed by atoms with Gasteiger partial charge in [0.05, 0.1) is 7.11 Å². The van der Waals surface area contributed by atoms with E-state index >= 15 is 0 Å². The third kappa shape index (κ3) is 3.24. The lowest BCUT2D eigenvalue weighted by molar-refractivity contribution is -0.149. The fraction of sp³-hybridized carbons (Fsp3) is 0.636. The number of allylic oxidation sites excluding steroid dienone is 1. The van der Waals surface area contributed by atoms with Gasteiger partial charge in [0.15, 0.2) is 0 Å². The van der Waals surface area contributed by atoms with Crippen molar-refractivity contribution in [2.45, 2.75) is 32.0 Å². The third-order valence-electron chi connectivity index (χ3n) is 2.80. The molecule has 1 unspecified atom stereocenters. The van der Waals surface area contributed by atoms with Gasteiger partial charge in [0.25, 0.3) is 0 Å². The van der Waals surface area contributed by atoms with Crippen molar-refractivity contribution in [2.24, 2.45) is 0 Å². The summed E-state index contributed by atoms with van der Waals surface area (Å²) in [4.78, 5) is 24.1. The topological polar surface area (TPSA) is 46.6 Å². The van der Waals surface area contributed by atoms with Gasteiger partial charge < -0.3 is 9.64 Å². The number of hydrogen-bond acceptors (Lipinski definition) is 3. The van der Waals surface area contributed by atoms with E-state index in [0.717, 1.165) is 11.8 Å². The van der Waals surface area contributed by atoms with E-state index in [1.807, 2.05) is 0 Å². The molecular formula is C11H14F3NO3. The van der Waals surface area contributed by atoms with Gasteiger partial charge in [-0.3, -0.25) is 4.79 Å². The third-order valence-corrected chi connectivity index (χ3v) is 2.80. The molecule has 18 heavy (non-hydrogen) atoms. The van der Waals surface area contributed by atoms with Gasteiger partial charge in [0.2, 0.25) is 5.91 Å². The molecule has 0 N–H and O–H groups in total. The molecule has 1 aliphatic heterocycles. The Balaban J connectivity index is 2.81. The van der Waals surface area contributed by atoms with Gasteiger partial charge in [0.1, 0.15) is 6.04 Å². The maximum absolute atomic E-state index is 12.3. The van der Waals surface area contributed by atoms with E-state index in [4.69, 9.17) is 0 Å². The quantitative estimate of drug-likeness (QED) is 0.563. The molecule has 7 heteroatoms. The molecule has 1 fully saturated rings. The second kappa shape index (κ2) is 5.41. The molecule has 0 aromatic heterocycles. The summed E-state index contributed by atoms with van der Waals surface area (Å²) in [5.74, 6) is -1.41. The van der Waals surface area contributed by atoms with Crippen LogP contribution in [-0.4, -0.2) is 42.6 Å². The summed E-state index contributed by atoms with van der Waals surface area (Å²) in [6.07, 6.45) is -3.03. The van der Waals surface area contributed by atoms with Gasteiger partial charge in [0, 0.05) is 18.2 Å². The van der Waals surface area contributed by atoms with Gasteiger partial charge in [-0.2, -0.15) is 13.2 Å². The molecule has 0 aromatic carbocycles. The minimum absolute atomic E-state index is 0.264. The van der Waals surface area contributed by atoms with E-state index in [9.17, 15) is 22.8 Å². The summed E-state index contributed by atoms with van der Waals surface area (Å²) < 4.78 is 41.4. The smallest absolute Gasteiger partial charge is 0.412 e. The summed E-state index contributed by atoms with van der Waals surface area (Å²) in [6, 6.07) is -0.778. The number of alkyl halides is 3. The highest BCUT2D eigenvalue weighted by atomic mass is 19.4. The molecule has 102 valence electrons. The van der Waals surface area contributed by atoms with Crippen LogP contribution in [0, 0.1) is 0 Å². The maximum Gasteiger partial charge on any atom is 0.412 e. The second-order valence-corrected chi connectivity index (χ2v) is 4.04. The van der Waals surface area contributed by atoms with Crippen LogP contribution in [0.3, 0.4) is 0 Å². The molecule has 0 aliphatic carbocycles. The largest absolute Gasteiger partial charge is 0.467 e. The number of hydrogen-bond donors (Lipinski definition) is 0. The number of rotatable bonds is 2. The summed E-state index contributed by atoms with van der Waals surface area (Å²) in [7, 11) is 1.18. The highest BCUT2D eigenvalue weighted by molar-refractivity contribution is 5.92. The van der Waals surface area contributed by atoms with Crippen LogP contribution < -0.4 is 0 Å². The average molecular weight is 265 g/mol. The van der Waals surface area contributed by atoms with E-state index in [1.165, 1.54) is 7.11 Å². The number of carbonyl (C=O) groups is 2. The van der Waals surface area contributed by atoms with Crippen molar-refractivity contribution in [3.05, 3.63) is 11.6 Å². The first-order valence-electron chi connectivity index (χ1n) is 5.41. The van der Waals surface area contributed by atoms with Crippen LogP contribution in [0.2, 0.25) is 0 Å². The number of halogens is 3. The van der Waals surface area contributed by atoms with Crippen LogP contribution in [0.25, 0.3) is 0 Å². The molecule has 4 nitrogen and oxygen atoms in total. The summed E-state index contributed by atoms with van der Waals surface area (Å²) in [5, 5.41) is 0. The molecule has 1 rings (SSSR count). The van der Waals surface area contributed by atoms with Crippen LogP contribution in [0.4, 0.5) is 13.2 Å². The lowest BCUT2D eigenvalue weighted by Crippen LogP contribution is -2.40. The maximum atomic E-state index is 12.3. The zero-order valence-electron chi connectivity index (χ0n) is 10.1. The number of esters is 1. The molecule has 1 saturated heterocycles. The van der Waals surface area contributed by atoms with Crippen molar-refractivity contribution in [1.29, 1.82) is 0 Å². The first kappa shape index (κ1) is 14.5. The Kier molecular flexibility index (Phi) is 4.37. The molecule has 1 heterocycles. The Labute approximate surface area is 102 Å². The Morgan fingerprint density at radius 2 is 2.00 bits per heavy atom.